The van der Waals surface area contributed by atoms with E-state index in [9.17, 15) is 15.0 Å². The largest absolute Gasteiger partial charge is 0.494 e. The molecule has 2 fully saturated rings. The van der Waals surface area contributed by atoms with Crippen LogP contribution in [0.3, 0.4) is 0 Å². The highest BCUT2D eigenvalue weighted by molar-refractivity contribution is 6.31. The maximum absolute atomic E-state index is 12.0. The number of hydrogen-bond acceptors (Lipinski definition) is 7. The lowest BCUT2D eigenvalue weighted by atomic mass is 9.91. The molecular weight excluding hydrogens is 494 g/mol. The molecule has 202 valence electrons. The van der Waals surface area contributed by atoms with E-state index in [4.69, 9.17) is 25.8 Å². The normalized spacial score (nSPS) is 25.1. The molecule has 0 saturated carbocycles. The first-order chi connectivity index (χ1) is 17.9. The first-order valence-electron chi connectivity index (χ1n) is 13.3. The Balaban J connectivity index is 1.40. The van der Waals surface area contributed by atoms with Crippen molar-refractivity contribution >= 4 is 17.6 Å². The molecule has 8 heteroatoms. The molecule has 2 N–H and O–H groups in total. The fraction of sp³-hybridized carbons (Fsp3) is 0.552. The van der Waals surface area contributed by atoms with Gasteiger partial charge in [-0.1, -0.05) is 35.9 Å². The summed E-state index contributed by atoms with van der Waals surface area (Å²) in [6.07, 6.45) is -0.308. The van der Waals surface area contributed by atoms with Crippen molar-refractivity contribution in [2.75, 3.05) is 32.8 Å². The van der Waals surface area contributed by atoms with Crippen LogP contribution in [0.1, 0.15) is 55.9 Å². The molecule has 0 aromatic heterocycles. The number of ether oxygens (including phenoxy) is 3. The Hall–Kier alpha value is -2.16. The fourth-order valence-corrected chi connectivity index (χ4v) is 5.39. The highest BCUT2D eigenvalue weighted by Gasteiger charge is 2.39. The number of piperidine rings is 1. The Bertz CT molecular complexity index is 1020. The number of rotatable bonds is 9. The average Bonchev–Trinajstić information content (AvgIpc) is 2.90. The summed E-state index contributed by atoms with van der Waals surface area (Å²) in [5.74, 6) is 0.635. The van der Waals surface area contributed by atoms with E-state index in [-0.39, 0.29) is 18.0 Å². The maximum Gasteiger partial charge on any atom is 0.309 e. The molecule has 2 aliphatic rings. The van der Waals surface area contributed by atoms with Crippen molar-refractivity contribution in [1.82, 2.24) is 4.90 Å². The third-order valence-corrected chi connectivity index (χ3v) is 7.65. The molecule has 7 nitrogen and oxygen atoms in total. The Morgan fingerprint density at radius 3 is 2.49 bits per heavy atom. The van der Waals surface area contributed by atoms with Crippen LogP contribution in [0.4, 0.5) is 0 Å². The molecule has 4 rings (SSSR count). The lowest BCUT2D eigenvalue weighted by molar-refractivity contribution is -0.177. The molecule has 4 atom stereocenters. The topological polar surface area (TPSA) is 88.5 Å². The highest BCUT2D eigenvalue weighted by Crippen LogP contribution is 2.35. The number of aliphatic hydroxyl groups is 2. The van der Waals surface area contributed by atoms with Gasteiger partial charge in [0.05, 0.1) is 37.4 Å². The third-order valence-electron chi connectivity index (χ3n) is 7.29. The van der Waals surface area contributed by atoms with Crippen LogP contribution in [-0.2, 0) is 20.7 Å². The van der Waals surface area contributed by atoms with E-state index in [2.05, 4.69) is 4.90 Å². The number of aliphatic hydroxyl groups excluding tert-OH is 2. The summed E-state index contributed by atoms with van der Waals surface area (Å²) < 4.78 is 17.0. The van der Waals surface area contributed by atoms with Gasteiger partial charge in [-0.15, -0.1) is 0 Å². The van der Waals surface area contributed by atoms with E-state index in [0.29, 0.717) is 37.6 Å². The summed E-state index contributed by atoms with van der Waals surface area (Å²) in [6.45, 7) is 6.75. The van der Waals surface area contributed by atoms with Crippen molar-refractivity contribution in [3.05, 3.63) is 64.2 Å². The van der Waals surface area contributed by atoms with E-state index in [1.165, 1.54) is 0 Å². The predicted molar refractivity (Wildman–Crippen MR) is 142 cm³/mol. The molecule has 2 aromatic rings. The van der Waals surface area contributed by atoms with Crippen molar-refractivity contribution in [1.29, 1.82) is 0 Å². The molecule has 2 aromatic carbocycles. The van der Waals surface area contributed by atoms with Crippen molar-refractivity contribution in [2.24, 2.45) is 5.92 Å². The fourth-order valence-electron chi connectivity index (χ4n) is 5.21. The molecule has 0 bridgehead atoms. The first kappa shape index (κ1) is 27.9. The minimum absolute atomic E-state index is 0.0744. The number of nitrogens with zero attached hydrogens (tertiary/aromatic N) is 1. The smallest absolute Gasteiger partial charge is 0.309 e. The minimum atomic E-state index is -0.963. The van der Waals surface area contributed by atoms with E-state index < -0.39 is 18.3 Å². The number of likely N-dealkylation sites (tertiary alicyclic amines) is 1. The zero-order valence-corrected chi connectivity index (χ0v) is 22.4. The monoisotopic (exact) mass is 531 g/mol. The number of benzene rings is 2. The second-order valence-corrected chi connectivity index (χ2v) is 10.3. The number of hydrogen-bond donors (Lipinski definition) is 2. The zero-order chi connectivity index (χ0) is 26.4. The van der Waals surface area contributed by atoms with Crippen LogP contribution in [0.25, 0.3) is 0 Å². The first-order valence-corrected chi connectivity index (χ1v) is 13.7. The minimum Gasteiger partial charge on any atom is -0.494 e. The molecule has 0 radical (unpaired) electrons. The molecule has 0 amide bonds. The summed E-state index contributed by atoms with van der Waals surface area (Å²) in [7, 11) is 0. The van der Waals surface area contributed by atoms with E-state index in [1.807, 2.05) is 56.3 Å². The Labute approximate surface area is 224 Å². The SMILES string of the molecule is CCOC(=O)C1CCN(C[C@H]2O[C@@H](c3ccc(Cl)c(Cc4ccc(OCC)cc4)c3)C[C@@H](O)[C@@H]2O)CC1. The van der Waals surface area contributed by atoms with Crippen LogP contribution in [0, 0.1) is 5.92 Å². The van der Waals surface area contributed by atoms with Crippen molar-refractivity contribution in [3.8, 4) is 5.75 Å². The van der Waals surface area contributed by atoms with Crippen molar-refractivity contribution < 1.29 is 29.2 Å². The summed E-state index contributed by atoms with van der Waals surface area (Å²) in [6, 6.07) is 13.8. The van der Waals surface area contributed by atoms with Crippen LogP contribution in [0.15, 0.2) is 42.5 Å². The van der Waals surface area contributed by atoms with Gasteiger partial charge in [0.25, 0.3) is 0 Å². The van der Waals surface area contributed by atoms with Gasteiger partial charge < -0.3 is 29.3 Å². The van der Waals surface area contributed by atoms with Gasteiger partial charge in [0, 0.05) is 18.0 Å². The standard InChI is InChI=1S/C29H38ClNO6/c1-3-35-23-8-5-19(6-9-23)15-22-16-21(7-10-24(22)30)26-17-25(32)28(33)27(37-26)18-31-13-11-20(12-14-31)29(34)36-4-2/h5-10,16,20,25-28,32-33H,3-4,11-15,17-18H2,1-2H3/t25-,26-,27-,28+/m1/s1. The average molecular weight is 532 g/mol. The lowest BCUT2D eigenvalue weighted by Crippen LogP contribution is -2.52. The van der Waals surface area contributed by atoms with Crippen LogP contribution < -0.4 is 4.74 Å². The van der Waals surface area contributed by atoms with Gasteiger partial charge >= 0.3 is 5.97 Å². The molecule has 2 heterocycles. The van der Waals surface area contributed by atoms with Gasteiger partial charge in [0.2, 0.25) is 0 Å². The summed E-state index contributed by atoms with van der Waals surface area (Å²) in [5.41, 5.74) is 3.03. The molecule has 2 saturated heterocycles. The van der Waals surface area contributed by atoms with Crippen LogP contribution >= 0.6 is 11.6 Å². The van der Waals surface area contributed by atoms with E-state index >= 15 is 0 Å². The Morgan fingerprint density at radius 2 is 1.81 bits per heavy atom. The quantitative estimate of drug-likeness (QED) is 0.470. The van der Waals surface area contributed by atoms with Gasteiger partial charge in [-0.25, -0.2) is 0 Å². The molecule has 0 spiro atoms. The Morgan fingerprint density at radius 1 is 1.08 bits per heavy atom. The third kappa shape index (κ3) is 7.24. The second kappa shape index (κ2) is 13.1. The van der Waals surface area contributed by atoms with Crippen LogP contribution in [0.5, 0.6) is 5.75 Å². The van der Waals surface area contributed by atoms with Gasteiger partial charge in [-0.05, 0) is 81.1 Å². The number of halogens is 1. The number of esters is 1. The van der Waals surface area contributed by atoms with Gasteiger partial charge in [-0.2, -0.15) is 0 Å². The van der Waals surface area contributed by atoms with Crippen LogP contribution in [0.2, 0.25) is 5.02 Å². The number of carbonyl (C=O) groups excluding carboxylic acids is 1. The summed E-state index contributed by atoms with van der Waals surface area (Å²) >= 11 is 6.53. The molecule has 2 aliphatic heterocycles. The van der Waals surface area contributed by atoms with Crippen LogP contribution in [-0.4, -0.2) is 72.2 Å². The predicted octanol–water partition coefficient (Wildman–Crippen LogP) is 4.16. The maximum atomic E-state index is 12.0. The van der Waals surface area contributed by atoms with E-state index in [0.717, 1.165) is 48.4 Å². The van der Waals surface area contributed by atoms with Crippen molar-refractivity contribution in [2.45, 2.75) is 63.9 Å². The molecule has 0 unspecified atom stereocenters. The van der Waals surface area contributed by atoms with E-state index in [1.54, 1.807) is 0 Å². The van der Waals surface area contributed by atoms with Gasteiger partial charge in [0.15, 0.2) is 0 Å². The highest BCUT2D eigenvalue weighted by atomic mass is 35.5. The summed E-state index contributed by atoms with van der Waals surface area (Å²) in [5, 5.41) is 22.0. The molecular formula is C29H38ClNO6. The molecule has 0 aliphatic carbocycles. The van der Waals surface area contributed by atoms with Crippen molar-refractivity contribution in [3.63, 3.8) is 0 Å². The van der Waals surface area contributed by atoms with Gasteiger partial charge in [0.1, 0.15) is 11.9 Å². The second-order valence-electron chi connectivity index (χ2n) is 9.89. The lowest BCUT2D eigenvalue weighted by Gasteiger charge is -2.41. The number of carbonyl (C=O) groups is 1. The zero-order valence-electron chi connectivity index (χ0n) is 21.6. The van der Waals surface area contributed by atoms with Gasteiger partial charge in [-0.3, -0.25) is 4.79 Å². The Kier molecular flexibility index (Phi) is 9.84. The summed E-state index contributed by atoms with van der Waals surface area (Å²) in [4.78, 5) is 14.2. The molecule has 37 heavy (non-hydrogen) atoms.